The summed E-state index contributed by atoms with van der Waals surface area (Å²) in [4.78, 5) is 2.50. The summed E-state index contributed by atoms with van der Waals surface area (Å²) in [6, 6.07) is 11.7. The van der Waals surface area contributed by atoms with Gasteiger partial charge in [0.05, 0.1) is 0 Å². The van der Waals surface area contributed by atoms with Gasteiger partial charge in [-0.25, -0.2) is 0 Å². The molecule has 1 aliphatic carbocycles. The Morgan fingerprint density at radius 2 is 2.00 bits per heavy atom. The molecule has 2 N–H and O–H groups in total. The summed E-state index contributed by atoms with van der Waals surface area (Å²) in [6.07, 6.45) is 4.90. The molecule has 0 radical (unpaired) electrons. The molecule has 2 rings (SSSR count). The SMILES string of the molecule is CCN(c1ccccc1)C1CCCC(N)C1. The highest BCUT2D eigenvalue weighted by Crippen LogP contribution is 2.26. The molecular formula is C14H22N2. The van der Waals surface area contributed by atoms with Crippen molar-refractivity contribution >= 4 is 5.69 Å². The second kappa shape index (κ2) is 5.35. The monoisotopic (exact) mass is 218 g/mol. The Morgan fingerprint density at radius 3 is 2.62 bits per heavy atom. The zero-order chi connectivity index (χ0) is 11.4. The summed E-state index contributed by atoms with van der Waals surface area (Å²) in [5.74, 6) is 0. The average molecular weight is 218 g/mol. The molecule has 2 heteroatoms. The average Bonchev–Trinajstić information content (AvgIpc) is 2.31. The molecule has 1 aromatic carbocycles. The van der Waals surface area contributed by atoms with E-state index in [2.05, 4.69) is 42.2 Å². The van der Waals surface area contributed by atoms with Crippen LogP contribution in [0.3, 0.4) is 0 Å². The minimum absolute atomic E-state index is 0.400. The van der Waals surface area contributed by atoms with Gasteiger partial charge in [-0.2, -0.15) is 0 Å². The molecule has 1 aromatic rings. The molecule has 2 atom stereocenters. The molecule has 88 valence electrons. The Kier molecular flexibility index (Phi) is 3.83. The summed E-state index contributed by atoms with van der Waals surface area (Å²) in [5.41, 5.74) is 7.41. The number of rotatable bonds is 3. The largest absolute Gasteiger partial charge is 0.369 e. The first-order valence-corrected chi connectivity index (χ1v) is 6.38. The minimum Gasteiger partial charge on any atom is -0.369 e. The summed E-state index contributed by atoms with van der Waals surface area (Å²) >= 11 is 0. The van der Waals surface area contributed by atoms with Gasteiger partial charge in [-0.1, -0.05) is 18.2 Å². The molecule has 0 bridgehead atoms. The van der Waals surface area contributed by atoms with Crippen molar-refractivity contribution in [3.8, 4) is 0 Å². The fraction of sp³-hybridized carbons (Fsp3) is 0.571. The number of benzene rings is 1. The number of hydrogen-bond acceptors (Lipinski definition) is 2. The van der Waals surface area contributed by atoms with Crippen molar-refractivity contribution in [3.63, 3.8) is 0 Å². The summed E-state index contributed by atoms with van der Waals surface area (Å²) in [7, 11) is 0. The lowest BCUT2D eigenvalue weighted by Crippen LogP contribution is -2.42. The lowest BCUT2D eigenvalue weighted by molar-refractivity contribution is 0.375. The van der Waals surface area contributed by atoms with Crippen molar-refractivity contribution in [2.45, 2.75) is 44.7 Å². The first-order chi connectivity index (χ1) is 7.81. The second-order valence-electron chi connectivity index (χ2n) is 4.70. The molecule has 2 nitrogen and oxygen atoms in total. The Bertz CT molecular complexity index is 310. The fourth-order valence-corrected chi connectivity index (χ4v) is 2.75. The number of hydrogen-bond donors (Lipinski definition) is 1. The molecule has 16 heavy (non-hydrogen) atoms. The molecule has 0 saturated heterocycles. The van der Waals surface area contributed by atoms with Gasteiger partial charge in [0.1, 0.15) is 0 Å². The van der Waals surface area contributed by atoms with E-state index in [9.17, 15) is 0 Å². The molecule has 1 aliphatic rings. The van der Waals surface area contributed by atoms with Crippen LogP contribution in [-0.4, -0.2) is 18.6 Å². The van der Waals surface area contributed by atoms with E-state index >= 15 is 0 Å². The molecule has 0 aromatic heterocycles. The molecule has 0 heterocycles. The van der Waals surface area contributed by atoms with E-state index in [1.807, 2.05) is 0 Å². The molecular weight excluding hydrogens is 196 g/mol. The van der Waals surface area contributed by atoms with Gasteiger partial charge >= 0.3 is 0 Å². The van der Waals surface area contributed by atoms with Gasteiger partial charge < -0.3 is 10.6 Å². The maximum atomic E-state index is 6.07. The summed E-state index contributed by atoms with van der Waals surface area (Å²) < 4.78 is 0. The Morgan fingerprint density at radius 1 is 1.25 bits per heavy atom. The van der Waals surface area contributed by atoms with E-state index in [1.165, 1.54) is 24.9 Å². The third-order valence-corrected chi connectivity index (χ3v) is 3.56. The normalized spacial score (nSPS) is 25.4. The van der Waals surface area contributed by atoms with E-state index < -0.39 is 0 Å². The van der Waals surface area contributed by atoms with Crippen LogP contribution in [0.4, 0.5) is 5.69 Å². The Labute approximate surface area is 98.4 Å². The van der Waals surface area contributed by atoms with Gasteiger partial charge in [-0.05, 0) is 44.7 Å². The molecule has 2 unspecified atom stereocenters. The third-order valence-electron chi connectivity index (χ3n) is 3.56. The van der Waals surface area contributed by atoms with Crippen molar-refractivity contribution in [2.75, 3.05) is 11.4 Å². The van der Waals surface area contributed by atoms with E-state index in [-0.39, 0.29) is 0 Å². The number of para-hydroxylation sites is 1. The van der Waals surface area contributed by atoms with E-state index in [0.717, 1.165) is 13.0 Å². The Balaban J connectivity index is 2.10. The number of nitrogens with two attached hydrogens (primary N) is 1. The zero-order valence-corrected chi connectivity index (χ0v) is 10.1. The maximum Gasteiger partial charge on any atom is 0.0368 e. The first kappa shape index (κ1) is 11.5. The van der Waals surface area contributed by atoms with Crippen LogP contribution in [-0.2, 0) is 0 Å². The second-order valence-corrected chi connectivity index (χ2v) is 4.70. The van der Waals surface area contributed by atoms with Crippen molar-refractivity contribution in [2.24, 2.45) is 5.73 Å². The van der Waals surface area contributed by atoms with Crippen molar-refractivity contribution in [1.29, 1.82) is 0 Å². The highest BCUT2D eigenvalue weighted by Gasteiger charge is 2.23. The molecule has 1 saturated carbocycles. The predicted octanol–water partition coefficient (Wildman–Crippen LogP) is 2.78. The molecule has 0 aliphatic heterocycles. The van der Waals surface area contributed by atoms with Gasteiger partial charge in [-0.15, -0.1) is 0 Å². The van der Waals surface area contributed by atoms with E-state index in [1.54, 1.807) is 0 Å². The van der Waals surface area contributed by atoms with Crippen molar-refractivity contribution in [3.05, 3.63) is 30.3 Å². The van der Waals surface area contributed by atoms with Crippen LogP contribution in [0.1, 0.15) is 32.6 Å². The summed E-state index contributed by atoms with van der Waals surface area (Å²) in [6.45, 7) is 3.30. The van der Waals surface area contributed by atoms with Crippen LogP contribution < -0.4 is 10.6 Å². The first-order valence-electron chi connectivity index (χ1n) is 6.38. The molecule has 0 amide bonds. The van der Waals surface area contributed by atoms with Gasteiger partial charge in [0.15, 0.2) is 0 Å². The Hall–Kier alpha value is -1.02. The standard InChI is InChI=1S/C14H22N2/c1-2-16(13-8-4-3-5-9-13)14-10-6-7-12(15)11-14/h3-5,8-9,12,14H,2,6-7,10-11,15H2,1H3. The van der Waals surface area contributed by atoms with Crippen LogP contribution in [0.15, 0.2) is 30.3 Å². The third kappa shape index (κ3) is 2.56. The van der Waals surface area contributed by atoms with Gasteiger partial charge in [-0.3, -0.25) is 0 Å². The smallest absolute Gasteiger partial charge is 0.0368 e. The lowest BCUT2D eigenvalue weighted by atomic mass is 9.90. The maximum absolute atomic E-state index is 6.07. The fourth-order valence-electron chi connectivity index (χ4n) is 2.75. The van der Waals surface area contributed by atoms with Crippen LogP contribution in [0.2, 0.25) is 0 Å². The topological polar surface area (TPSA) is 29.3 Å². The van der Waals surface area contributed by atoms with Crippen LogP contribution in [0, 0.1) is 0 Å². The number of anilines is 1. The summed E-state index contributed by atoms with van der Waals surface area (Å²) in [5, 5.41) is 0. The highest BCUT2D eigenvalue weighted by atomic mass is 15.2. The van der Waals surface area contributed by atoms with E-state index in [4.69, 9.17) is 5.73 Å². The quantitative estimate of drug-likeness (QED) is 0.845. The van der Waals surface area contributed by atoms with Crippen LogP contribution in [0.25, 0.3) is 0 Å². The molecule has 0 spiro atoms. The van der Waals surface area contributed by atoms with Gasteiger partial charge in [0.2, 0.25) is 0 Å². The van der Waals surface area contributed by atoms with E-state index in [0.29, 0.717) is 12.1 Å². The zero-order valence-electron chi connectivity index (χ0n) is 10.1. The lowest BCUT2D eigenvalue weighted by Gasteiger charge is -2.37. The predicted molar refractivity (Wildman–Crippen MR) is 69.7 cm³/mol. The van der Waals surface area contributed by atoms with Gasteiger partial charge in [0.25, 0.3) is 0 Å². The van der Waals surface area contributed by atoms with Crippen LogP contribution in [0.5, 0.6) is 0 Å². The van der Waals surface area contributed by atoms with Gasteiger partial charge in [0, 0.05) is 24.3 Å². The minimum atomic E-state index is 0.400. The van der Waals surface area contributed by atoms with Crippen molar-refractivity contribution in [1.82, 2.24) is 0 Å². The highest BCUT2D eigenvalue weighted by molar-refractivity contribution is 5.47. The number of nitrogens with zero attached hydrogens (tertiary/aromatic N) is 1. The molecule has 1 fully saturated rings. The van der Waals surface area contributed by atoms with Crippen LogP contribution >= 0.6 is 0 Å². The van der Waals surface area contributed by atoms with Crippen molar-refractivity contribution < 1.29 is 0 Å².